The molecule has 0 aliphatic rings. The van der Waals surface area contributed by atoms with Crippen LogP contribution in [0.1, 0.15) is 40.2 Å². The van der Waals surface area contributed by atoms with Gasteiger partial charge in [-0.05, 0) is 24.1 Å². The van der Waals surface area contributed by atoms with Crippen LogP contribution in [0.25, 0.3) is 0 Å². The molecule has 0 spiro atoms. The Bertz CT molecular complexity index is 239. The van der Waals surface area contributed by atoms with E-state index in [4.69, 9.17) is 0 Å². The average Bonchev–Trinajstić information content (AvgIpc) is 2.30. The predicted molar refractivity (Wildman–Crippen MR) is 75.8 cm³/mol. The maximum Gasteiger partial charge on any atom is 0.0183 e. The lowest BCUT2D eigenvalue weighted by Crippen LogP contribution is -1.81. The van der Waals surface area contributed by atoms with Crippen LogP contribution in [-0.4, -0.2) is 5.25 Å². The van der Waals surface area contributed by atoms with Gasteiger partial charge in [0.05, 0.1) is 0 Å². The number of aryl methyl sites for hydroxylation is 1. The normalized spacial score (nSPS) is 9.73. The number of hydrogen-bond acceptors (Lipinski definition) is 2. The molecule has 0 aliphatic heterocycles. The highest BCUT2D eigenvalue weighted by molar-refractivity contribution is 8.76. The van der Waals surface area contributed by atoms with Crippen molar-refractivity contribution in [3.8, 4) is 0 Å². The lowest BCUT2D eigenvalue weighted by molar-refractivity contribution is 1.12. The summed E-state index contributed by atoms with van der Waals surface area (Å²) < 4.78 is 0. The minimum Gasteiger partial charge on any atom is -0.0861 e. The molecule has 0 nitrogen and oxygen atoms in total. The quantitative estimate of drug-likeness (QED) is 0.646. The molecule has 0 aromatic heterocycles. The molecule has 1 rings (SSSR count). The smallest absolute Gasteiger partial charge is 0.0183 e. The minimum atomic E-state index is 0.691. The van der Waals surface area contributed by atoms with Gasteiger partial charge in [0.15, 0.2) is 0 Å². The van der Waals surface area contributed by atoms with Gasteiger partial charge in [0, 0.05) is 10.1 Å². The van der Waals surface area contributed by atoms with Gasteiger partial charge >= 0.3 is 0 Å². The molecule has 0 N–H and O–H groups in total. The highest BCUT2D eigenvalue weighted by Crippen LogP contribution is 2.33. The molecule has 2 heteroatoms. The minimum absolute atomic E-state index is 0.691. The molecule has 1 aromatic rings. The first-order valence-corrected chi connectivity index (χ1v) is 7.86. The van der Waals surface area contributed by atoms with E-state index in [0.717, 1.165) is 6.42 Å². The second-order valence-electron chi connectivity index (χ2n) is 3.23. The molecule has 86 valence electrons. The molecule has 0 amide bonds. The van der Waals surface area contributed by atoms with Crippen LogP contribution in [0.5, 0.6) is 0 Å². The second kappa shape index (κ2) is 9.17. The van der Waals surface area contributed by atoms with E-state index in [1.165, 1.54) is 10.5 Å². The topological polar surface area (TPSA) is 0 Å². The Labute approximate surface area is 103 Å². The van der Waals surface area contributed by atoms with E-state index >= 15 is 0 Å². The third-order valence-electron chi connectivity index (χ3n) is 1.67. The van der Waals surface area contributed by atoms with E-state index in [0.29, 0.717) is 5.25 Å². The summed E-state index contributed by atoms with van der Waals surface area (Å²) in [6.07, 6.45) is 1.13. The summed E-state index contributed by atoms with van der Waals surface area (Å²) in [5.41, 5.74) is 1.42. The Balaban J connectivity index is 0.000000921. The Morgan fingerprint density at radius 3 is 2.00 bits per heavy atom. The Hall–Kier alpha value is -0.0800. The molecular formula is C13H22S2. The second-order valence-corrected chi connectivity index (χ2v) is 6.08. The highest BCUT2D eigenvalue weighted by Gasteiger charge is 1.97. The SMILES string of the molecule is CC.CCc1ccc(SSC(C)C)cc1. The zero-order valence-electron chi connectivity index (χ0n) is 10.4. The number of rotatable bonds is 4. The van der Waals surface area contributed by atoms with Crippen molar-refractivity contribution in [2.45, 2.75) is 51.2 Å². The largest absolute Gasteiger partial charge is 0.0861 e. The average molecular weight is 242 g/mol. The molecule has 0 bridgehead atoms. The first-order chi connectivity index (χ1) is 7.22. The Morgan fingerprint density at radius 1 is 1.07 bits per heavy atom. The van der Waals surface area contributed by atoms with Gasteiger partial charge in [-0.3, -0.25) is 0 Å². The zero-order valence-corrected chi connectivity index (χ0v) is 12.0. The molecule has 0 unspecified atom stereocenters. The van der Waals surface area contributed by atoms with Crippen molar-refractivity contribution in [3.63, 3.8) is 0 Å². The number of hydrogen-bond donors (Lipinski definition) is 0. The Morgan fingerprint density at radius 2 is 1.60 bits per heavy atom. The van der Waals surface area contributed by atoms with Gasteiger partial charge in [-0.15, -0.1) is 0 Å². The first kappa shape index (κ1) is 14.9. The summed E-state index contributed by atoms with van der Waals surface area (Å²) in [7, 11) is 3.78. The fraction of sp³-hybridized carbons (Fsp3) is 0.538. The van der Waals surface area contributed by atoms with Gasteiger partial charge < -0.3 is 0 Å². The monoisotopic (exact) mass is 242 g/mol. The van der Waals surface area contributed by atoms with Gasteiger partial charge in [0.25, 0.3) is 0 Å². The summed E-state index contributed by atoms with van der Waals surface area (Å²) in [5, 5.41) is 0.691. The van der Waals surface area contributed by atoms with Gasteiger partial charge in [-0.2, -0.15) is 0 Å². The molecule has 1 aromatic carbocycles. The van der Waals surface area contributed by atoms with Crippen LogP contribution < -0.4 is 0 Å². The molecule has 0 heterocycles. The fourth-order valence-corrected chi connectivity index (χ4v) is 2.73. The van der Waals surface area contributed by atoms with Gasteiger partial charge in [-0.25, -0.2) is 0 Å². The van der Waals surface area contributed by atoms with Crippen LogP contribution in [0.4, 0.5) is 0 Å². The summed E-state index contributed by atoms with van der Waals surface area (Å²) in [5.74, 6) is 0. The summed E-state index contributed by atoms with van der Waals surface area (Å²) in [4.78, 5) is 1.36. The van der Waals surface area contributed by atoms with E-state index < -0.39 is 0 Å². The lowest BCUT2D eigenvalue weighted by atomic mass is 10.2. The summed E-state index contributed by atoms with van der Waals surface area (Å²) in [6, 6.07) is 8.84. The van der Waals surface area contributed by atoms with Gasteiger partial charge in [0.1, 0.15) is 0 Å². The standard InChI is InChI=1S/C11H16S2.C2H6/c1-4-10-5-7-11(8-6-10)13-12-9(2)3;1-2/h5-9H,4H2,1-3H3;1-2H3. The van der Waals surface area contributed by atoms with Crippen molar-refractivity contribution in [2.24, 2.45) is 0 Å². The van der Waals surface area contributed by atoms with Crippen LogP contribution >= 0.6 is 21.6 Å². The summed E-state index contributed by atoms with van der Waals surface area (Å²) >= 11 is 0. The van der Waals surface area contributed by atoms with Crippen LogP contribution in [0.2, 0.25) is 0 Å². The predicted octanol–water partition coefficient (Wildman–Crippen LogP) is 5.42. The molecule has 0 atom stereocenters. The lowest BCUT2D eigenvalue weighted by Gasteiger charge is -2.04. The van der Waals surface area contributed by atoms with Crippen molar-refractivity contribution in [1.82, 2.24) is 0 Å². The van der Waals surface area contributed by atoms with E-state index in [2.05, 4.69) is 45.0 Å². The summed E-state index contributed by atoms with van der Waals surface area (Å²) in [6.45, 7) is 10.6. The number of benzene rings is 1. The van der Waals surface area contributed by atoms with Crippen molar-refractivity contribution in [2.75, 3.05) is 0 Å². The third-order valence-corrected chi connectivity index (χ3v) is 4.63. The van der Waals surface area contributed by atoms with Crippen molar-refractivity contribution in [1.29, 1.82) is 0 Å². The molecule has 0 saturated carbocycles. The van der Waals surface area contributed by atoms with Crippen LogP contribution in [0.3, 0.4) is 0 Å². The van der Waals surface area contributed by atoms with E-state index in [1.807, 2.05) is 35.4 Å². The molecular weight excluding hydrogens is 220 g/mol. The van der Waals surface area contributed by atoms with Gasteiger partial charge in [-0.1, -0.05) is 68.3 Å². The molecule has 0 aliphatic carbocycles. The van der Waals surface area contributed by atoms with E-state index in [9.17, 15) is 0 Å². The fourth-order valence-electron chi connectivity index (χ4n) is 0.932. The van der Waals surface area contributed by atoms with Gasteiger partial charge in [0.2, 0.25) is 0 Å². The van der Waals surface area contributed by atoms with Crippen molar-refractivity contribution >= 4 is 21.6 Å². The van der Waals surface area contributed by atoms with Crippen LogP contribution in [0, 0.1) is 0 Å². The van der Waals surface area contributed by atoms with Crippen molar-refractivity contribution in [3.05, 3.63) is 29.8 Å². The molecule has 0 radical (unpaired) electrons. The first-order valence-electron chi connectivity index (χ1n) is 5.64. The van der Waals surface area contributed by atoms with Crippen LogP contribution in [0.15, 0.2) is 29.2 Å². The molecule has 15 heavy (non-hydrogen) atoms. The van der Waals surface area contributed by atoms with E-state index in [-0.39, 0.29) is 0 Å². The molecule has 0 saturated heterocycles. The molecule has 0 fully saturated rings. The Kier molecular flexibility index (Phi) is 9.12. The maximum absolute atomic E-state index is 2.22. The maximum atomic E-state index is 2.22. The zero-order chi connectivity index (χ0) is 11.7. The highest BCUT2D eigenvalue weighted by atomic mass is 33.1. The van der Waals surface area contributed by atoms with Crippen LogP contribution in [-0.2, 0) is 6.42 Å². The van der Waals surface area contributed by atoms with E-state index in [1.54, 1.807) is 0 Å². The van der Waals surface area contributed by atoms with Crippen molar-refractivity contribution < 1.29 is 0 Å². The third kappa shape index (κ3) is 6.91.